The molecule has 1 aromatic carbocycles. The second-order valence-corrected chi connectivity index (χ2v) is 10.7. The van der Waals surface area contributed by atoms with Crippen LogP contribution in [-0.2, 0) is 23.6 Å². The van der Waals surface area contributed by atoms with E-state index < -0.39 is 48.5 Å². The summed E-state index contributed by atoms with van der Waals surface area (Å²) in [6, 6.07) is 6.57. The highest BCUT2D eigenvalue weighted by Crippen LogP contribution is 2.36. The van der Waals surface area contributed by atoms with E-state index in [1.807, 2.05) is 65.8 Å². The monoisotopic (exact) mass is 514 g/mol. The van der Waals surface area contributed by atoms with Crippen LogP contribution in [-0.4, -0.2) is 66.7 Å². The van der Waals surface area contributed by atoms with Gasteiger partial charge in [-0.25, -0.2) is 9.78 Å². The molecule has 0 spiro atoms. The van der Waals surface area contributed by atoms with Crippen molar-refractivity contribution in [2.45, 2.75) is 77.9 Å². The lowest BCUT2D eigenvalue weighted by Gasteiger charge is -2.32. The number of methoxy groups -OCH3 is 2. The summed E-state index contributed by atoms with van der Waals surface area (Å²) in [6.07, 6.45) is 0.457. The molecule has 0 unspecified atom stereocenters. The van der Waals surface area contributed by atoms with Gasteiger partial charge in [0.15, 0.2) is 0 Å². The van der Waals surface area contributed by atoms with Crippen molar-refractivity contribution < 1.29 is 28.4 Å². The van der Waals surface area contributed by atoms with E-state index in [-0.39, 0.29) is 5.92 Å². The zero-order valence-corrected chi connectivity index (χ0v) is 23.2. The van der Waals surface area contributed by atoms with Crippen LogP contribution < -0.4 is 16.1 Å². The van der Waals surface area contributed by atoms with Crippen molar-refractivity contribution in [3.8, 4) is 11.3 Å². The Balaban J connectivity index is 1.75. The number of benzene rings is 1. The lowest BCUT2D eigenvalue weighted by atomic mass is 9.79. The Bertz CT molecular complexity index is 1070. The van der Waals surface area contributed by atoms with Crippen LogP contribution in [0.25, 0.3) is 11.3 Å². The van der Waals surface area contributed by atoms with Gasteiger partial charge in [0.05, 0.1) is 42.3 Å². The van der Waals surface area contributed by atoms with Crippen LogP contribution in [0.3, 0.4) is 0 Å². The Morgan fingerprint density at radius 3 is 2.11 bits per heavy atom. The molecule has 2 heterocycles. The van der Waals surface area contributed by atoms with E-state index in [0.29, 0.717) is 5.82 Å². The maximum atomic E-state index is 13.1. The van der Waals surface area contributed by atoms with Crippen LogP contribution in [0, 0.1) is 5.92 Å². The van der Waals surface area contributed by atoms with Gasteiger partial charge in [0, 0.05) is 7.11 Å². The van der Waals surface area contributed by atoms with Crippen LogP contribution in [0.2, 0.25) is 0 Å². The second kappa shape index (κ2) is 11.2. The molecule has 0 radical (unpaired) electrons. The molecular formula is C26H39BN4O6. The van der Waals surface area contributed by atoms with Crippen molar-refractivity contribution >= 4 is 24.6 Å². The molecule has 3 rings (SSSR count). The fraction of sp³-hybridized carbons (Fsp3) is 0.577. The molecule has 1 aliphatic rings. The summed E-state index contributed by atoms with van der Waals surface area (Å²) in [7, 11) is 2.28. The van der Waals surface area contributed by atoms with Crippen LogP contribution in [0.15, 0.2) is 30.5 Å². The number of amides is 2. The quantitative estimate of drug-likeness (QED) is 0.440. The van der Waals surface area contributed by atoms with Crippen LogP contribution in [0.4, 0.5) is 4.79 Å². The summed E-state index contributed by atoms with van der Waals surface area (Å²) < 4.78 is 22.2. The standard InChI is InChI=1S/C26H39BN4O6/c1-15(2)20(30-23(32)21(16(3)34-8)31-24(33)35-9)22-28-14-19(29-22)17-10-12-18(13-11-17)27-36-25(4,5)26(6,7)37-27/h10-16,20-21H,1-9H3,(H,28,29)(H,30,32)(H,31,33)/t16-,20+,21+/m1/s1. The molecule has 37 heavy (non-hydrogen) atoms. The number of nitrogens with zero attached hydrogens (tertiary/aromatic N) is 1. The molecule has 202 valence electrons. The number of imidazole rings is 1. The zero-order chi connectivity index (χ0) is 27.5. The minimum atomic E-state index is -0.935. The summed E-state index contributed by atoms with van der Waals surface area (Å²) in [4.78, 5) is 32.7. The first-order valence-electron chi connectivity index (χ1n) is 12.5. The fourth-order valence-electron chi connectivity index (χ4n) is 3.95. The van der Waals surface area contributed by atoms with Gasteiger partial charge in [-0.2, -0.15) is 0 Å². The molecular weight excluding hydrogens is 475 g/mol. The number of aromatic nitrogens is 2. The highest BCUT2D eigenvalue weighted by Gasteiger charge is 2.51. The second-order valence-electron chi connectivity index (χ2n) is 10.7. The van der Waals surface area contributed by atoms with Gasteiger partial charge in [-0.15, -0.1) is 0 Å². The number of carbonyl (C=O) groups is 2. The van der Waals surface area contributed by atoms with Crippen molar-refractivity contribution in [1.82, 2.24) is 20.6 Å². The highest BCUT2D eigenvalue weighted by atomic mass is 16.7. The van der Waals surface area contributed by atoms with Crippen molar-refractivity contribution in [1.29, 1.82) is 0 Å². The maximum Gasteiger partial charge on any atom is 0.494 e. The lowest BCUT2D eigenvalue weighted by Crippen LogP contribution is -2.54. The fourth-order valence-corrected chi connectivity index (χ4v) is 3.95. The van der Waals surface area contributed by atoms with Crippen molar-refractivity contribution in [2.75, 3.05) is 14.2 Å². The van der Waals surface area contributed by atoms with Gasteiger partial charge in [0.1, 0.15) is 11.9 Å². The number of carbonyl (C=O) groups excluding carboxylic acids is 2. The maximum absolute atomic E-state index is 13.1. The van der Waals surface area contributed by atoms with Gasteiger partial charge >= 0.3 is 13.2 Å². The smallest absolute Gasteiger partial charge is 0.453 e. The molecule has 1 aromatic heterocycles. The summed E-state index contributed by atoms with van der Waals surface area (Å²) in [5, 5.41) is 5.52. The van der Waals surface area contributed by atoms with Gasteiger partial charge in [-0.3, -0.25) is 4.79 Å². The summed E-state index contributed by atoms with van der Waals surface area (Å²) in [6.45, 7) is 13.8. The van der Waals surface area contributed by atoms with E-state index in [4.69, 9.17) is 14.0 Å². The first-order valence-corrected chi connectivity index (χ1v) is 12.5. The van der Waals surface area contributed by atoms with E-state index in [1.54, 1.807) is 13.1 Å². The van der Waals surface area contributed by atoms with E-state index in [1.165, 1.54) is 14.2 Å². The topological polar surface area (TPSA) is 124 Å². The number of ether oxygens (including phenoxy) is 2. The molecule has 0 bridgehead atoms. The first kappa shape index (κ1) is 28.7. The van der Waals surface area contributed by atoms with Crippen LogP contribution >= 0.6 is 0 Å². The largest absolute Gasteiger partial charge is 0.494 e. The van der Waals surface area contributed by atoms with E-state index in [9.17, 15) is 9.59 Å². The molecule has 2 amide bonds. The van der Waals surface area contributed by atoms with Crippen molar-refractivity contribution in [3.63, 3.8) is 0 Å². The summed E-state index contributed by atoms with van der Waals surface area (Å²) >= 11 is 0. The first-order chi connectivity index (χ1) is 17.3. The Morgan fingerprint density at radius 1 is 1.00 bits per heavy atom. The molecule has 1 fully saturated rings. The van der Waals surface area contributed by atoms with Gasteiger partial charge in [0.25, 0.3) is 0 Å². The third-order valence-corrected chi connectivity index (χ3v) is 7.18. The molecule has 3 N–H and O–H groups in total. The Hall–Kier alpha value is -2.89. The number of nitrogens with one attached hydrogen (secondary N) is 3. The Labute approximate surface area is 219 Å². The molecule has 0 aliphatic carbocycles. The molecule has 1 aliphatic heterocycles. The van der Waals surface area contributed by atoms with Crippen LogP contribution in [0.1, 0.15) is 60.3 Å². The number of rotatable bonds is 9. The average molecular weight is 514 g/mol. The molecule has 3 atom stereocenters. The van der Waals surface area contributed by atoms with Crippen molar-refractivity contribution in [2.24, 2.45) is 5.92 Å². The summed E-state index contributed by atoms with van der Waals surface area (Å²) in [5.74, 6) is 0.226. The van der Waals surface area contributed by atoms with Crippen molar-refractivity contribution in [3.05, 3.63) is 36.3 Å². The number of hydrogen-bond acceptors (Lipinski definition) is 7. The third kappa shape index (κ3) is 6.34. The Morgan fingerprint density at radius 2 is 1.59 bits per heavy atom. The highest BCUT2D eigenvalue weighted by molar-refractivity contribution is 6.62. The van der Waals surface area contributed by atoms with E-state index >= 15 is 0 Å². The minimum absolute atomic E-state index is 0.0188. The summed E-state index contributed by atoms with van der Waals surface area (Å²) in [5.41, 5.74) is 1.87. The number of aromatic amines is 1. The van der Waals surface area contributed by atoms with Gasteiger partial charge in [-0.05, 0) is 51.6 Å². The number of H-pyrrole nitrogens is 1. The zero-order valence-electron chi connectivity index (χ0n) is 23.2. The average Bonchev–Trinajstić information content (AvgIpc) is 3.41. The normalized spacial score (nSPS) is 18.8. The Kier molecular flexibility index (Phi) is 8.72. The SMILES string of the molecule is COC(=O)N[C@H](C(=O)N[C@H](c1ncc(-c2ccc(B3OC(C)(C)C(C)(C)O3)cc2)[nH]1)C(C)C)[C@@H](C)OC. The molecule has 10 nitrogen and oxygen atoms in total. The molecule has 2 aromatic rings. The number of hydrogen-bond donors (Lipinski definition) is 3. The minimum Gasteiger partial charge on any atom is -0.453 e. The third-order valence-electron chi connectivity index (χ3n) is 7.18. The molecule has 0 saturated carbocycles. The predicted molar refractivity (Wildman–Crippen MR) is 141 cm³/mol. The predicted octanol–water partition coefficient (Wildman–Crippen LogP) is 2.95. The van der Waals surface area contributed by atoms with E-state index in [0.717, 1.165) is 16.7 Å². The number of alkyl carbamates (subject to hydrolysis) is 1. The van der Waals surface area contributed by atoms with Crippen LogP contribution in [0.5, 0.6) is 0 Å². The molecule has 1 saturated heterocycles. The lowest BCUT2D eigenvalue weighted by molar-refractivity contribution is -0.127. The van der Waals surface area contributed by atoms with Gasteiger partial charge in [0.2, 0.25) is 5.91 Å². The van der Waals surface area contributed by atoms with Gasteiger partial charge in [-0.1, -0.05) is 38.1 Å². The van der Waals surface area contributed by atoms with Gasteiger partial charge < -0.3 is 34.4 Å². The molecule has 11 heteroatoms. The van der Waals surface area contributed by atoms with E-state index in [2.05, 4.69) is 25.3 Å².